The predicted molar refractivity (Wildman–Crippen MR) is 280 cm³/mol. The first-order valence-electron chi connectivity index (χ1n) is 21.9. The number of aromatic amines is 1. The number of hydrogen-bond donors (Lipinski definition) is 1. The van der Waals surface area contributed by atoms with Gasteiger partial charge in [0, 0.05) is 96.3 Å². The first-order valence-corrected chi connectivity index (χ1v) is 23.5. The van der Waals surface area contributed by atoms with Crippen LogP contribution in [0, 0.1) is 0 Å². The van der Waals surface area contributed by atoms with Crippen molar-refractivity contribution in [1.82, 2.24) is 4.98 Å². The van der Waals surface area contributed by atoms with Crippen LogP contribution < -0.4 is 20.7 Å². The molecule has 14 rings (SSSR count). The molecule has 0 fully saturated rings. The predicted octanol–water partition coefficient (Wildman–Crippen LogP) is 15.5. The maximum atomic E-state index is 3.97. The fourth-order valence-electron chi connectivity index (χ4n) is 10.4. The van der Waals surface area contributed by atoms with Crippen LogP contribution >= 0.6 is 22.7 Å². The molecule has 10 aromatic carbocycles. The molecule has 4 heterocycles. The number of benzene rings is 10. The van der Waals surface area contributed by atoms with E-state index in [9.17, 15) is 0 Å². The van der Waals surface area contributed by atoms with Crippen LogP contribution in [0.2, 0.25) is 0 Å². The maximum Gasteiger partial charge on any atom is 0.198 e. The van der Waals surface area contributed by atoms with Gasteiger partial charge in [0.2, 0.25) is 0 Å². The van der Waals surface area contributed by atoms with Gasteiger partial charge in [-0.05, 0) is 113 Å². The number of fused-ring (bicyclic) bond motifs is 12. The molecule has 64 heavy (non-hydrogen) atoms. The average Bonchev–Trinajstić information content (AvgIpc) is 4.03. The van der Waals surface area contributed by atoms with Gasteiger partial charge in [0.05, 0.1) is 5.52 Å². The van der Waals surface area contributed by atoms with E-state index in [-0.39, 0.29) is 0 Å². The third-order valence-electron chi connectivity index (χ3n) is 13.3. The Kier molecular flexibility index (Phi) is 7.82. The summed E-state index contributed by atoms with van der Waals surface area (Å²) in [4.78, 5) is 8.96. The van der Waals surface area contributed by atoms with Crippen LogP contribution in [-0.2, 0) is 0 Å². The van der Waals surface area contributed by atoms with Crippen molar-refractivity contribution in [2.24, 2.45) is 0 Å². The van der Waals surface area contributed by atoms with Gasteiger partial charge in [-0.2, -0.15) is 0 Å². The standard InChI is InChI=1S/C58H36BN3S2/c1-3-16-37(17-4-1)61(38-18-5-2-6-19-38)40-31-48(44-23-13-22-43-45-28-35-14-7-8-15-36(35)29-50(45)60-58(43)44)57-52(32-40)62(39-26-27-55-46(30-39)41-20-9-11-24-53(41)63-55)51-33-47-42-21-10-12-25-54(42)64-56(47)34-49(51)59-57/h1-34,59-60H. The summed E-state index contributed by atoms with van der Waals surface area (Å²) in [7, 11) is 0.793. The molecule has 0 saturated heterocycles. The van der Waals surface area contributed by atoms with Crippen molar-refractivity contribution >= 4 is 148 Å². The van der Waals surface area contributed by atoms with Crippen LogP contribution in [-0.4, -0.2) is 12.3 Å². The molecular formula is C58H36BN3S2. The molecule has 3 nitrogen and oxygen atoms in total. The zero-order valence-electron chi connectivity index (χ0n) is 34.5. The molecule has 3 aromatic heterocycles. The maximum absolute atomic E-state index is 3.97. The second-order valence-corrected chi connectivity index (χ2v) is 19.1. The number of nitrogens with zero attached hydrogens (tertiary/aromatic N) is 2. The molecule has 0 spiro atoms. The van der Waals surface area contributed by atoms with Crippen LogP contribution in [0.1, 0.15) is 0 Å². The van der Waals surface area contributed by atoms with Gasteiger partial charge in [-0.3, -0.25) is 0 Å². The van der Waals surface area contributed by atoms with Crippen molar-refractivity contribution in [2.45, 2.75) is 0 Å². The summed E-state index contributed by atoms with van der Waals surface area (Å²) in [5, 5.41) is 10.2. The Morgan fingerprint density at radius 3 is 1.78 bits per heavy atom. The van der Waals surface area contributed by atoms with Crippen molar-refractivity contribution in [2.75, 3.05) is 9.80 Å². The van der Waals surface area contributed by atoms with Crippen molar-refractivity contribution < 1.29 is 0 Å². The molecule has 0 amide bonds. The Morgan fingerprint density at radius 2 is 1.03 bits per heavy atom. The highest BCUT2D eigenvalue weighted by molar-refractivity contribution is 7.26. The van der Waals surface area contributed by atoms with E-state index < -0.39 is 0 Å². The molecule has 13 aromatic rings. The Hall–Kier alpha value is -7.64. The minimum Gasteiger partial charge on any atom is -0.354 e. The highest BCUT2D eigenvalue weighted by Gasteiger charge is 2.31. The van der Waals surface area contributed by atoms with Gasteiger partial charge in [0.15, 0.2) is 7.28 Å². The van der Waals surface area contributed by atoms with Crippen LogP contribution in [0.15, 0.2) is 206 Å². The lowest BCUT2D eigenvalue weighted by atomic mass is 9.58. The number of anilines is 6. The summed E-state index contributed by atoms with van der Waals surface area (Å²) in [6.07, 6.45) is 0. The number of rotatable bonds is 5. The second-order valence-electron chi connectivity index (χ2n) is 17.0. The average molecular weight is 850 g/mol. The lowest BCUT2D eigenvalue weighted by Crippen LogP contribution is -2.41. The fourth-order valence-corrected chi connectivity index (χ4v) is 12.7. The monoisotopic (exact) mass is 849 g/mol. The van der Waals surface area contributed by atoms with Gasteiger partial charge in [-0.15, -0.1) is 22.7 Å². The summed E-state index contributed by atoms with van der Waals surface area (Å²) < 4.78 is 5.25. The Labute approximate surface area is 377 Å². The molecular weight excluding hydrogens is 814 g/mol. The SMILES string of the molecule is B1c2cc3sc4ccccc4c3cc2N(c2ccc3sc4ccccc4c3c2)c2cc(N(c3ccccc3)c3ccccc3)cc(-c3cccc4c3[nH]c3cc5ccccc5cc34)c21. The quantitative estimate of drug-likeness (QED) is 0.174. The van der Waals surface area contributed by atoms with Crippen molar-refractivity contribution in [1.29, 1.82) is 0 Å². The molecule has 0 unspecified atom stereocenters. The van der Waals surface area contributed by atoms with E-state index in [2.05, 4.69) is 221 Å². The normalized spacial score (nSPS) is 12.5. The van der Waals surface area contributed by atoms with Crippen LogP contribution in [0.25, 0.3) is 84.0 Å². The van der Waals surface area contributed by atoms with E-state index in [4.69, 9.17) is 0 Å². The van der Waals surface area contributed by atoms with Gasteiger partial charge < -0.3 is 14.8 Å². The number of hydrogen-bond acceptors (Lipinski definition) is 4. The molecule has 6 heteroatoms. The van der Waals surface area contributed by atoms with Gasteiger partial charge in [-0.1, -0.05) is 121 Å². The molecule has 1 N–H and O–H groups in total. The van der Waals surface area contributed by atoms with E-state index in [1.807, 2.05) is 22.7 Å². The molecule has 298 valence electrons. The summed E-state index contributed by atoms with van der Waals surface area (Å²) in [5.74, 6) is 0. The van der Waals surface area contributed by atoms with Crippen molar-refractivity contribution in [3.8, 4) is 11.1 Å². The topological polar surface area (TPSA) is 22.3 Å². The number of nitrogens with one attached hydrogen (secondary N) is 1. The Bertz CT molecular complexity index is 3980. The van der Waals surface area contributed by atoms with E-state index in [0.717, 1.165) is 41.1 Å². The number of H-pyrrole nitrogens is 1. The van der Waals surface area contributed by atoms with Gasteiger partial charge in [-0.25, -0.2) is 0 Å². The number of aromatic nitrogens is 1. The summed E-state index contributed by atoms with van der Waals surface area (Å²) in [6.45, 7) is 0. The Morgan fingerprint density at radius 1 is 0.406 bits per heavy atom. The van der Waals surface area contributed by atoms with E-state index in [1.54, 1.807) is 0 Å². The van der Waals surface area contributed by atoms with Gasteiger partial charge in [0.25, 0.3) is 0 Å². The van der Waals surface area contributed by atoms with E-state index >= 15 is 0 Å². The summed E-state index contributed by atoms with van der Waals surface area (Å²) in [6, 6.07) is 76.5. The van der Waals surface area contributed by atoms with E-state index in [0.29, 0.717) is 0 Å². The largest absolute Gasteiger partial charge is 0.354 e. The molecule has 1 aliphatic heterocycles. The minimum atomic E-state index is 0.793. The Balaban J connectivity index is 1.10. The van der Waals surface area contributed by atoms with Crippen molar-refractivity contribution in [3.05, 3.63) is 206 Å². The lowest BCUT2D eigenvalue weighted by molar-refractivity contribution is 1.26. The molecule has 0 saturated carbocycles. The highest BCUT2D eigenvalue weighted by Crippen LogP contribution is 2.47. The molecule has 0 radical (unpaired) electrons. The molecule has 0 atom stereocenters. The second kappa shape index (κ2) is 13.9. The van der Waals surface area contributed by atoms with Gasteiger partial charge in [0.1, 0.15) is 0 Å². The minimum absolute atomic E-state index is 0.793. The highest BCUT2D eigenvalue weighted by atomic mass is 32.1. The van der Waals surface area contributed by atoms with Crippen LogP contribution in [0.4, 0.5) is 34.1 Å². The third-order valence-corrected chi connectivity index (χ3v) is 15.6. The zero-order valence-corrected chi connectivity index (χ0v) is 36.2. The fraction of sp³-hybridized carbons (Fsp3) is 0. The van der Waals surface area contributed by atoms with Crippen LogP contribution in [0.5, 0.6) is 0 Å². The third kappa shape index (κ3) is 5.46. The summed E-state index contributed by atoms with van der Waals surface area (Å²) >= 11 is 3.77. The van der Waals surface area contributed by atoms with Crippen molar-refractivity contribution in [3.63, 3.8) is 0 Å². The number of thiophene rings is 2. The van der Waals surface area contributed by atoms with Crippen LogP contribution in [0.3, 0.4) is 0 Å². The first kappa shape index (κ1) is 35.9. The molecule has 0 bridgehead atoms. The molecule has 1 aliphatic rings. The summed E-state index contributed by atoms with van der Waals surface area (Å²) in [5.41, 5.74) is 14.2. The van der Waals surface area contributed by atoms with Gasteiger partial charge >= 0.3 is 0 Å². The lowest BCUT2D eigenvalue weighted by Gasteiger charge is -2.37. The number of para-hydroxylation sites is 3. The smallest absolute Gasteiger partial charge is 0.198 e. The van der Waals surface area contributed by atoms with E-state index in [1.165, 1.54) is 95.3 Å². The molecule has 0 aliphatic carbocycles. The first-order chi connectivity index (χ1) is 31.7. The zero-order chi connectivity index (χ0) is 41.9.